The summed E-state index contributed by atoms with van der Waals surface area (Å²) in [7, 11) is 0. The second-order valence-electron chi connectivity index (χ2n) is 7.06. The first kappa shape index (κ1) is 17.4. The van der Waals surface area contributed by atoms with Gasteiger partial charge in [-0.2, -0.15) is 5.10 Å². The molecule has 0 spiro atoms. The monoisotopic (exact) mass is 344 g/mol. The van der Waals surface area contributed by atoms with Crippen LogP contribution in [0.15, 0.2) is 12.3 Å². The van der Waals surface area contributed by atoms with Crippen LogP contribution in [-0.2, 0) is 11.3 Å². The molecule has 134 valence electrons. The Labute approximate surface area is 146 Å². The quantitative estimate of drug-likeness (QED) is 0.804. The standard InChI is InChI=1S/C18H24N4O3/c1-4-22-16-13(9-19-22)12(8-14(20-16)11-5-6-11)17(23)21-15(18(24)25)7-10(2)3/h8-11,15H,4-7H2,1-3H3,(H,21,23)(H,24,25)/t15-/m0/s1. The molecule has 0 radical (unpaired) electrons. The lowest BCUT2D eigenvalue weighted by Gasteiger charge is -2.17. The van der Waals surface area contributed by atoms with Crippen molar-refractivity contribution < 1.29 is 14.7 Å². The van der Waals surface area contributed by atoms with Crippen molar-refractivity contribution in [2.24, 2.45) is 5.92 Å². The molecule has 0 aliphatic heterocycles. The highest BCUT2D eigenvalue weighted by Gasteiger charge is 2.29. The van der Waals surface area contributed by atoms with Crippen molar-refractivity contribution in [2.75, 3.05) is 0 Å². The number of fused-ring (bicyclic) bond motifs is 1. The van der Waals surface area contributed by atoms with E-state index in [1.165, 1.54) is 0 Å². The van der Waals surface area contributed by atoms with Crippen LogP contribution in [0, 0.1) is 5.92 Å². The van der Waals surface area contributed by atoms with Crippen LogP contribution in [0.25, 0.3) is 11.0 Å². The molecule has 0 aromatic carbocycles. The lowest BCUT2D eigenvalue weighted by atomic mass is 10.0. The molecule has 2 aromatic heterocycles. The Morgan fingerprint density at radius 3 is 2.68 bits per heavy atom. The number of rotatable bonds is 7. The molecule has 1 atom stereocenters. The van der Waals surface area contributed by atoms with Crippen LogP contribution in [0.2, 0.25) is 0 Å². The van der Waals surface area contributed by atoms with E-state index >= 15 is 0 Å². The molecule has 2 heterocycles. The molecular weight excluding hydrogens is 320 g/mol. The molecule has 0 bridgehead atoms. The van der Waals surface area contributed by atoms with E-state index in [4.69, 9.17) is 0 Å². The number of carboxylic acids is 1. The van der Waals surface area contributed by atoms with Crippen LogP contribution in [0.3, 0.4) is 0 Å². The molecule has 1 fully saturated rings. The molecule has 2 N–H and O–H groups in total. The van der Waals surface area contributed by atoms with E-state index in [1.807, 2.05) is 20.8 Å². The van der Waals surface area contributed by atoms with Gasteiger partial charge in [-0.1, -0.05) is 13.8 Å². The third kappa shape index (κ3) is 3.65. The number of carbonyl (C=O) groups excluding carboxylic acids is 1. The third-order valence-electron chi connectivity index (χ3n) is 4.48. The fraction of sp³-hybridized carbons (Fsp3) is 0.556. The third-order valence-corrected chi connectivity index (χ3v) is 4.48. The second-order valence-corrected chi connectivity index (χ2v) is 7.06. The minimum atomic E-state index is -1.01. The number of carboxylic acid groups (broad SMARTS) is 1. The maximum atomic E-state index is 12.8. The van der Waals surface area contributed by atoms with Crippen molar-refractivity contribution >= 4 is 22.9 Å². The van der Waals surface area contributed by atoms with Crippen molar-refractivity contribution in [3.63, 3.8) is 0 Å². The Bertz CT molecular complexity index is 808. The van der Waals surface area contributed by atoms with Gasteiger partial charge >= 0.3 is 5.97 Å². The zero-order valence-electron chi connectivity index (χ0n) is 14.8. The molecule has 1 aliphatic carbocycles. The maximum Gasteiger partial charge on any atom is 0.326 e. The van der Waals surface area contributed by atoms with E-state index in [0.717, 1.165) is 18.5 Å². The molecule has 7 heteroatoms. The van der Waals surface area contributed by atoms with Crippen LogP contribution in [-0.4, -0.2) is 37.8 Å². The van der Waals surface area contributed by atoms with Gasteiger partial charge in [0.05, 0.1) is 17.1 Å². The highest BCUT2D eigenvalue weighted by Crippen LogP contribution is 2.40. The number of hydrogen-bond donors (Lipinski definition) is 2. The SMILES string of the molecule is CCn1ncc2c(C(=O)N[C@@H](CC(C)C)C(=O)O)cc(C3CC3)nc21. The first-order valence-electron chi connectivity index (χ1n) is 8.80. The molecule has 2 aromatic rings. The highest BCUT2D eigenvalue weighted by atomic mass is 16.4. The summed E-state index contributed by atoms with van der Waals surface area (Å²) in [6, 6.07) is 0.895. The van der Waals surface area contributed by atoms with Gasteiger partial charge in [0, 0.05) is 18.2 Å². The number of nitrogens with one attached hydrogen (secondary N) is 1. The Hall–Kier alpha value is -2.44. The minimum Gasteiger partial charge on any atom is -0.480 e. The van der Waals surface area contributed by atoms with Crippen LogP contribution in [0.5, 0.6) is 0 Å². The van der Waals surface area contributed by atoms with E-state index in [-0.39, 0.29) is 11.8 Å². The van der Waals surface area contributed by atoms with Gasteiger partial charge in [-0.25, -0.2) is 14.5 Å². The second kappa shape index (κ2) is 6.82. The summed E-state index contributed by atoms with van der Waals surface area (Å²) in [4.78, 5) is 28.9. The number of nitrogens with zero attached hydrogens (tertiary/aromatic N) is 3. The zero-order valence-corrected chi connectivity index (χ0v) is 14.8. The number of aromatic nitrogens is 3. The van der Waals surface area contributed by atoms with Gasteiger partial charge in [0.25, 0.3) is 5.91 Å². The summed E-state index contributed by atoms with van der Waals surface area (Å²) in [5.41, 5.74) is 2.04. The summed E-state index contributed by atoms with van der Waals surface area (Å²) < 4.78 is 1.76. The van der Waals surface area contributed by atoms with Crippen molar-refractivity contribution in [1.29, 1.82) is 0 Å². The van der Waals surface area contributed by atoms with Gasteiger partial charge < -0.3 is 10.4 Å². The van der Waals surface area contributed by atoms with Crippen LogP contribution in [0.1, 0.15) is 62.0 Å². The van der Waals surface area contributed by atoms with E-state index in [1.54, 1.807) is 16.9 Å². The lowest BCUT2D eigenvalue weighted by Crippen LogP contribution is -2.41. The Morgan fingerprint density at radius 2 is 2.12 bits per heavy atom. The van der Waals surface area contributed by atoms with E-state index < -0.39 is 12.0 Å². The van der Waals surface area contributed by atoms with Gasteiger partial charge in [-0.3, -0.25) is 4.79 Å². The molecule has 0 unspecified atom stereocenters. The summed E-state index contributed by atoms with van der Waals surface area (Å²) in [6.45, 7) is 6.50. The van der Waals surface area contributed by atoms with E-state index in [9.17, 15) is 14.7 Å². The van der Waals surface area contributed by atoms with Crippen LogP contribution >= 0.6 is 0 Å². The number of aryl methyl sites for hydroxylation is 1. The predicted octanol–water partition coefficient (Wildman–Crippen LogP) is 2.56. The van der Waals surface area contributed by atoms with Crippen molar-refractivity contribution in [1.82, 2.24) is 20.1 Å². The van der Waals surface area contributed by atoms with E-state index in [0.29, 0.717) is 35.5 Å². The number of pyridine rings is 1. The van der Waals surface area contributed by atoms with Crippen molar-refractivity contribution in [3.05, 3.63) is 23.5 Å². The van der Waals surface area contributed by atoms with Crippen LogP contribution in [0.4, 0.5) is 0 Å². The molecule has 25 heavy (non-hydrogen) atoms. The van der Waals surface area contributed by atoms with Gasteiger partial charge in [-0.15, -0.1) is 0 Å². The summed E-state index contributed by atoms with van der Waals surface area (Å²) in [5.74, 6) is -0.831. The lowest BCUT2D eigenvalue weighted by molar-refractivity contribution is -0.139. The van der Waals surface area contributed by atoms with Crippen molar-refractivity contribution in [2.45, 2.75) is 58.5 Å². The zero-order chi connectivity index (χ0) is 18.1. The van der Waals surface area contributed by atoms with Crippen molar-refractivity contribution in [3.8, 4) is 0 Å². The molecule has 0 saturated heterocycles. The fourth-order valence-corrected chi connectivity index (χ4v) is 3.00. The summed E-state index contributed by atoms with van der Waals surface area (Å²) in [5, 5.41) is 17.0. The first-order valence-corrected chi connectivity index (χ1v) is 8.80. The minimum absolute atomic E-state index is 0.170. The fourth-order valence-electron chi connectivity index (χ4n) is 3.00. The predicted molar refractivity (Wildman–Crippen MR) is 93.5 cm³/mol. The summed E-state index contributed by atoms with van der Waals surface area (Å²) in [6.07, 6.45) is 4.17. The molecule has 1 saturated carbocycles. The largest absolute Gasteiger partial charge is 0.480 e. The normalized spacial score (nSPS) is 15.5. The number of aliphatic carboxylic acids is 1. The Morgan fingerprint density at radius 1 is 1.40 bits per heavy atom. The number of amides is 1. The van der Waals surface area contributed by atoms with Gasteiger partial charge in [0.1, 0.15) is 6.04 Å². The van der Waals surface area contributed by atoms with Gasteiger partial charge in [0.15, 0.2) is 5.65 Å². The molecule has 7 nitrogen and oxygen atoms in total. The average Bonchev–Trinajstić information content (AvgIpc) is 3.32. The number of carbonyl (C=O) groups is 2. The smallest absolute Gasteiger partial charge is 0.326 e. The summed E-state index contributed by atoms with van der Waals surface area (Å²) >= 11 is 0. The Kier molecular flexibility index (Phi) is 4.74. The molecule has 1 amide bonds. The molecule has 1 aliphatic rings. The molecule has 3 rings (SSSR count). The van der Waals surface area contributed by atoms with E-state index in [2.05, 4.69) is 15.4 Å². The topological polar surface area (TPSA) is 97.1 Å². The number of hydrogen-bond acceptors (Lipinski definition) is 4. The Balaban J connectivity index is 1.97. The van der Waals surface area contributed by atoms with Gasteiger partial charge in [0.2, 0.25) is 0 Å². The van der Waals surface area contributed by atoms with Crippen LogP contribution < -0.4 is 5.32 Å². The average molecular weight is 344 g/mol. The van der Waals surface area contributed by atoms with Gasteiger partial charge in [-0.05, 0) is 38.2 Å². The first-order chi connectivity index (χ1) is 11.9. The highest BCUT2D eigenvalue weighted by molar-refractivity contribution is 6.06. The maximum absolute atomic E-state index is 12.8. The molecular formula is C18H24N4O3.